The second kappa shape index (κ2) is 8.70. The maximum atomic E-state index is 5.47. The maximum Gasteiger partial charge on any atom is 0.0642 e. The van der Waals surface area contributed by atoms with Crippen molar-refractivity contribution < 1.29 is 4.74 Å². The number of morpholine rings is 1. The number of rotatable bonds is 5. The molecule has 0 atom stereocenters. The molecule has 1 aromatic carbocycles. The van der Waals surface area contributed by atoms with E-state index in [1.807, 2.05) is 6.20 Å². The van der Waals surface area contributed by atoms with E-state index in [1.54, 1.807) is 0 Å². The molecule has 1 fully saturated rings. The van der Waals surface area contributed by atoms with Crippen molar-refractivity contribution in [1.82, 2.24) is 15.5 Å². The van der Waals surface area contributed by atoms with Crippen molar-refractivity contribution in [1.29, 1.82) is 0 Å². The predicted molar refractivity (Wildman–Crippen MR) is 105 cm³/mol. The van der Waals surface area contributed by atoms with Gasteiger partial charge in [-0.25, -0.2) is 0 Å². The fraction of sp³-hybridized carbons (Fsp3) is 0.526. The third-order valence-electron chi connectivity index (χ3n) is 4.44. The van der Waals surface area contributed by atoms with Gasteiger partial charge in [0.2, 0.25) is 0 Å². The van der Waals surface area contributed by atoms with E-state index < -0.39 is 0 Å². The van der Waals surface area contributed by atoms with Crippen molar-refractivity contribution in [3.8, 4) is 0 Å². The number of hydrogen-bond acceptors (Lipinski definition) is 4. The molecule has 0 amide bonds. The Hall–Kier alpha value is -1.56. The zero-order chi connectivity index (χ0) is 17.0. The van der Waals surface area contributed by atoms with Gasteiger partial charge in [0, 0.05) is 48.5 Å². The minimum Gasteiger partial charge on any atom is -0.378 e. The number of ether oxygens (including phenoxy) is 1. The van der Waals surface area contributed by atoms with Gasteiger partial charge in [-0.3, -0.25) is 5.10 Å². The fourth-order valence-corrected chi connectivity index (χ4v) is 3.20. The lowest BCUT2D eigenvalue weighted by Gasteiger charge is -2.30. The molecule has 0 saturated carbocycles. The van der Waals surface area contributed by atoms with E-state index in [-0.39, 0.29) is 17.8 Å². The molecular weight excluding hydrogens is 336 g/mol. The van der Waals surface area contributed by atoms with Gasteiger partial charge in [-0.15, -0.1) is 12.4 Å². The maximum absolute atomic E-state index is 5.47. The van der Waals surface area contributed by atoms with Gasteiger partial charge in [-0.05, 0) is 11.6 Å². The monoisotopic (exact) mass is 364 g/mol. The summed E-state index contributed by atoms with van der Waals surface area (Å²) >= 11 is 0. The summed E-state index contributed by atoms with van der Waals surface area (Å²) in [6.45, 7) is 11.8. The molecule has 1 saturated heterocycles. The third kappa shape index (κ3) is 4.97. The Kier molecular flexibility index (Phi) is 6.87. The molecule has 0 aliphatic carbocycles. The lowest BCUT2D eigenvalue weighted by Crippen LogP contribution is -2.37. The average molecular weight is 365 g/mol. The highest BCUT2D eigenvalue weighted by Crippen LogP contribution is 2.24. The first-order valence-electron chi connectivity index (χ1n) is 8.70. The second-order valence-corrected chi connectivity index (χ2v) is 7.35. The van der Waals surface area contributed by atoms with Crippen LogP contribution in [0.3, 0.4) is 0 Å². The Balaban J connectivity index is 0.00000225. The van der Waals surface area contributed by atoms with Crippen molar-refractivity contribution in [3.05, 3.63) is 47.3 Å². The number of para-hydroxylation sites is 1. The van der Waals surface area contributed by atoms with Crippen molar-refractivity contribution >= 4 is 18.1 Å². The largest absolute Gasteiger partial charge is 0.378 e. The van der Waals surface area contributed by atoms with Gasteiger partial charge in [0.15, 0.2) is 0 Å². The van der Waals surface area contributed by atoms with E-state index in [0.717, 1.165) is 39.4 Å². The summed E-state index contributed by atoms with van der Waals surface area (Å²) < 4.78 is 5.47. The second-order valence-electron chi connectivity index (χ2n) is 7.35. The van der Waals surface area contributed by atoms with Gasteiger partial charge in [0.05, 0.1) is 19.4 Å². The van der Waals surface area contributed by atoms with Crippen molar-refractivity contribution in [2.75, 3.05) is 31.2 Å². The van der Waals surface area contributed by atoms with Crippen LogP contribution in [0, 0.1) is 0 Å². The van der Waals surface area contributed by atoms with Gasteiger partial charge < -0.3 is 15.0 Å². The minimum atomic E-state index is 0. The molecule has 5 nitrogen and oxygen atoms in total. The number of benzene rings is 1. The summed E-state index contributed by atoms with van der Waals surface area (Å²) in [6, 6.07) is 8.64. The van der Waals surface area contributed by atoms with E-state index in [9.17, 15) is 0 Å². The normalized spacial score (nSPS) is 15.1. The topological polar surface area (TPSA) is 53.2 Å². The first-order chi connectivity index (χ1) is 11.6. The van der Waals surface area contributed by atoms with E-state index in [4.69, 9.17) is 4.74 Å². The van der Waals surface area contributed by atoms with Crippen LogP contribution in [0.15, 0.2) is 30.5 Å². The van der Waals surface area contributed by atoms with Crippen LogP contribution in [0.1, 0.15) is 37.6 Å². The molecule has 25 heavy (non-hydrogen) atoms. The number of halogens is 1. The Labute approximate surface area is 156 Å². The highest BCUT2D eigenvalue weighted by atomic mass is 35.5. The molecule has 0 spiro atoms. The van der Waals surface area contributed by atoms with Crippen LogP contribution >= 0.6 is 12.4 Å². The van der Waals surface area contributed by atoms with Crippen LogP contribution in [0.25, 0.3) is 0 Å². The minimum absolute atomic E-state index is 0. The number of H-pyrrole nitrogens is 1. The standard InChI is InChI=1S/C19H28N4O.ClH/c1-19(2,3)18-16(14-21-22-18)13-20-12-15-6-4-5-7-17(15)23-8-10-24-11-9-23;/h4-7,14,20H,8-13H2,1-3H3,(H,21,22);1H. The number of aromatic amines is 1. The molecule has 3 rings (SSSR count). The molecular formula is C19H29ClN4O. The molecule has 1 aromatic heterocycles. The van der Waals surface area contributed by atoms with Crippen molar-refractivity contribution in [3.63, 3.8) is 0 Å². The van der Waals surface area contributed by atoms with Gasteiger partial charge in [-0.1, -0.05) is 39.0 Å². The van der Waals surface area contributed by atoms with E-state index in [1.165, 1.54) is 22.5 Å². The van der Waals surface area contributed by atoms with Crippen molar-refractivity contribution in [2.45, 2.75) is 39.3 Å². The number of anilines is 1. The SMILES string of the molecule is CC(C)(C)c1[nH]ncc1CNCc1ccccc1N1CCOCC1.Cl. The molecule has 0 unspecified atom stereocenters. The lowest BCUT2D eigenvalue weighted by molar-refractivity contribution is 0.122. The van der Waals surface area contributed by atoms with E-state index in [2.05, 4.69) is 65.5 Å². The quantitative estimate of drug-likeness (QED) is 0.855. The summed E-state index contributed by atoms with van der Waals surface area (Å²) in [4.78, 5) is 2.42. The van der Waals surface area contributed by atoms with Crippen LogP contribution < -0.4 is 10.2 Å². The van der Waals surface area contributed by atoms with Crippen molar-refractivity contribution in [2.24, 2.45) is 0 Å². The molecule has 138 valence electrons. The molecule has 6 heteroatoms. The number of hydrogen-bond donors (Lipinski definition) is 2. The molecule has 0 bridgehead atoms. The average Bonchev–Trinajstić information content (AvgIpc) is 3.05. The Morgan fingerprint density at radius 2 is 1.80 bits per heavy atom. The Morgan fingerprint density at radius 1 is 1.12 bits per heavy atom. The van der Waals surface area contributed by atoms with E-state index >= 15 is 0 Å². The fourth-order valence-electron chi connectivity index (χ4n) is 3.20. The number of nitrogens with zero attached hydrogens (tertiary/aromatic N) is 2. The molecule has 2 N–H and O–H groups in total. The first-order valence-corrected chi connectivity index (χ1v) is 8.70. The smallest absolute Gasteiger partial charge is 0.0642 e. The Bertz CT molecular complexity index is 659. The predicted octanol–water partition coefficient (Wildman–Crippen LogP) is 3.26. The summed E-state index contributed by atoms with van der Waals surface area (Å²) in [5.41, 5.74) is 5.18. The van der Waals surface area contributed by atoms with Gasteiger partial charge in [-0.2, -0.15) is 5.10 Å². The lowest BCUT2D eigenvalue weighted by atomic mass is 9.89. The zero-order valence-electron chi connectivity index (χ0n) is 15.3. The molecule has 0 radical (unpaired) electrons. The molecule has 2 aromatic rings. The van der Waals surface area contributed by atoms with Crippen LogP contribution in [-0.2, 0) is 23.2 Å². The third-order valence-corrected chi connectivity index (χ3v) is 4.44. The number of nitrogens with one attached hydrogen (secondary N) is 2. The molecule has 1 aliphatic heterocycles. The van der Waals surface area contributed by atoms with Gasteiger partial charge >= 0.3 is 0 Å². The summed E-state index contributed by atoms with van der Waals surface area (Å²) in [7, 11) is 0. The number of aromatic nitrogens is 2. The van der Waals surface area contributed by atoms with Gasteiger partial charge in [0.25, 0.3) is 0 Å². The summed E-state index contributed by atoms with van der Waals surface area (Å²) in [5, 5.41) is 10.9. The van der Waals surface area contributed by atoms with E-state index in [0.29, 0.717) is 0 Å². The summed E-state index contributed by atoms with van der Waals surface area (Å²) in [5.74, 6) is 0. The Morgan fingerprint density at radius 3 is 2.52 bits per heavy atom. The van der Waals surface area contributed by atoms with Gasteiger partial charge in [0.1, 0.15) is 0 Å². The van der Waals surface area contributed by atoms with Crippen LogP contribution in [-0.4, -0.2) is 36.5 Å². The summed E-state index contributed by atoms with van der Waals surface area (Å²) in [6.07, 6.45) is 1.93. The van der Waals surface area contributed by atoms with Crippen LogP contribution in [0.2, 0.25) is 0 Å². The van der Waals surface area contributed by atoms with Crippen LogP contribution in [0.5, 0.6) is 0 Å². The molecule has 1 aliphatic rings. The van der Waals surface area contributed by atoms with Crippen LogP contribution in [0.4, 0.5) is 5.69 Å². The molecule has 2 heterocycles. The first kappa shape index (κ1) is 19.8. The highest BCUT2D eigenvalue weighted by molar-refractivity contribution is 5.85. The zero-order valence-corrected chi connectivity index (χ0v) is 16.2. The highest BCUT2D eigenvalue weighted by Gasteiger charge is 2.20.